The number of pyridine rings is 2. The number of benzene rings is 1. The van der Waals surface area contributed by atoms with Gasteiger partial charge in [0, 0.05) is 48.2 Å². The van der Waals surface area contributed by atoms with E-state index >= 15 is 0 Å². The van der Waals surface area contributed by atoms with E-state index in [9.17, 15) is 5.26 Å². The average Bonchev–Trinajstić information content (AvgIpc) is 3.24. The first-order chi connectivity index (χ1) is 17.2. The molecule has 5 rings (SSSR count). The normalized spacial score (nSPS) is 15.6. The second-order valence-corrected chi connectivity index (χ2v) is 10.3. The van der Waals surface area contributed by atoms with Gasteiger partial charge in [-0.25, -0.2) is 4.98 Å². The molecule has 0 radical (unpaired) electrons. The van der Waals surface area contributed by atoms with Crippen molar-refractivity contribution in [1.82, 2.24) is 25.1 Å². The molecule has 4 heterocycles. The molecule has 4 aromatic rings. The van der Waals surface area contributed by atoms with Crippen LogP contribution in [-0.4, -0.2) is 57.8 Å². The molecule has 1 aromatic carbocycles. The number of nitriles is 1. The molecule has 184 valence electrons. The van der Waals surface area contributed by atoms with Crippen LogP contribution in [0.4, 0.5) is 5.82 Å². The van der Waals surface area contributed by atoms with Gasteiger partial charge in [0.25, 0.3) is 0 Å². The van der Waals surface area contributed by atoms with E-state index in [0.717, 1.165) is 29.6 Å². The fourth-order valence-electron chi connectivity index (χ4n) is 4.49. The van der Waals surface area contributed by atoms with Crippen LogP contribution in [0.3, 0.4) is 0 Å². The van der Waals surface area contributed by atoms with Crippen molar-refractivity contribution < 1.29 is 4.74 Å². The van der Waals surface area contributed by atoms with E-state index in [2.05, 4.69) is 57.1 Å². The number of nitrogens with zero attached hydrogens (tertiary/aromatic N) is 6. The van der Waals surface area contributed by atoms with Gasteiger partial charge in [-0.3, -0.25) is 10.1 Å². The highest BCUT2D eigenvalue weighted by Gasteiger charge is 2.42. The molecule has 10 heteroatoms. The van der Waals surface area contributed by atoms with Crippen LogP contribution in [0.1, 0.15) is 31.1 Å². The maximum atomic E-state index is 9.86. The van der Waals surface area contributed by atoms with Crippen LogP contribution in [0.25, 0.3) is 22.2 Å². The standard InChI is InChI=1S/C26H25Cl2N7O/c1-15(23-20(27)11-30-12-21(23)28)36-18-5-6-22-19(8-18)24(33-32-22)17-7-16(9-29)25(31-10-17)35-13-26(2,14-35)34(3)4/h5-8,10-12,15H,13-14H2,1-4H3,(H,32,33)/t15-/m1/s1. The van der Waals surface area contributed by atoms with Crippen LogP contribution in [-0.2, 0) is 0 Å². The first-order valence-corrected chi connectivity index (χ1v) is 12.2. The van der Waals surface area contributed by atoms with Crippen LogP contribution in [0.2, 0.25) is 10.0 Å². The third-order valence-electron chi connectivity index (χ3n) is 6.85. The monoisotopic (exact) mass is 521 g/mol. The SMILES string of the molecule is C[C@@H](Oc1ccc2[nH]nc(-c3cnc(N4CC(C)(N(C)C)C4)c(C#N)c3)c2c1)c1c(Cl)cncc1Cl. The van der Waals surface area contributed by atoms with Gasteiger partial charge in [0.2, 0.25) is 0 Å². The number of halogens is 2. The van der Waals surface area contributed by atoms with E-state index in [0.29, 0.717) is 38.4 Å². The molecule has 0 saturated carbocycles. The fraction of sp³-hybridized carbons (Fsp3) is 0.308. The molecule has 8 nitrogen and oxygen atoms in total. The van der Waals surface area contributed by atoms with Gasteiger partial charge in [0.15, 0.2) is 0 Å². The van der Waals surface area contributed by atoms with Gasteiger partial charge in [-0.1, -0.05) is 23.2 Å². The lowest BCUT2D eigenvalue weighted by molar-refractivity contribution is 0.132. The largest absolute Gasteiger partial charge is 0.486 e. The predicted octanol–water partition coefficient (Wildman–Crippen LogP) is 5.48. The van der Waals surface area contributed by atoms with Crippen molar-refractivity contribution in [3.8, 4) is 23.1 Å². The van der Waals surface area contributed by atoms with E-state index in [1.807, 2.05) is 31.2 Å². The molecule has 36 heavy (non-hydrogen) atoms. The second kappa shape index (κ2) is 9.25. The summed E-state index contributed by atoms with van der Waals surface area (Å²) in [6, 6.07) is 9.82. The minimum Gasteiger partial charge on any atom is -0.486 e. The summed E-state index contributed by atoms with van der Waals surface area (Å²) >= 11 is 12.6. The van der Waals surface area contributed by atoms with Gasteiger partial charge >= 0.3 is 0 Å². The Kier molecular flexibility index (Phi) is 6.25. The molecule has 0 aliphatic carbocycles. The van der Waals surface area contributed by atoms with Gasteiger partial charge in [-0.2, -0.15) is 10.4 Å². The third-order valence-corrected chi connectivity index (χ3v) is 7.45. The first-order valence-electron chi connectivity index (χ1n) is 11.5. The summed E-state index contributed by atoms with van der Waals surface area (Å²) in [7, 11) is 4.14. The molecule has 0 unspecified atom stereocenters. The number of anilines is 1. The minimum atomic E-state index is -0.392. The zero-order valence-corrected chi connectivity index (χ0v) is 21.9. The number of aromatic amines is 1. The summed E-state index contributed by atoms with van der Waals surface area (Å²) in [6.07, 6.45) is 4.47. The molecule has 1 saturated heterocycles. The molecule has 1 N–H and O–H groups in total. The molecule has 0 bridgehead atoms. The highest BCUT2D eigenvalue weighted by Crippen LogP contribution is 2.36. The number of fused-ring (bicyclic) bond motifs is 1. The van der Waals surface area contributed by atoms with Crippen LogP contribution in [0.5, 0.6) is 5.75 Å². The van der Waals surface area contributed by atoms with Crippen LogP contribution >= 0.6 is 23.2 Å². The first kappa shape index (κ1) is 24.3. The number of H-pyrrole nitrogens is 1. The smallest absolute Gasteiger partial charge is 0.146 e. The molecular formula is C26H25Cl2N7O. The van der Waals surface area contributed by atoms with Crippen molar-refractivity contribution in [1.29, 1.82) is 5.26 Å². The van der Waals surface area contributed by atoms with E-state index in [-0.39, 0.29) is 5.54 Å². The number of aromatic nitrogens is 4. The van der Waals surface area contributed by atoms with Gasteiger partial charge in [0.1, 0.15) is 29.4 Å². The quantitative estimate of drug-likeness (QED) is 0.359. The number of hydrogen-bond acceptors (Lipinski definition) is 7. The second-order valence-electron chi connectivity index (χ2n) is 9.51. The predicted molar refractivity (Wildman–Crippen MR) is 142 cm³/mol. The van der Waals surface area contributed by atoms with Crippen molar-refractivity contribution >= 4 is 39.9 Å². The number of rotatable bonds is 6. The summed E-state index contributed by atoms with van der Waals surface area (Å²) in [6.45, 7) is 5.72. The zero-order valence-electron chi connectivity index (χ0n) is 20.4. The van der Waals surface area contributed by atoms with Crippen LogP contribution in [0.15, 0.2) is 42.9 Å². The molecule has 1 aliphatic heterocycles. The summed E-state index contributed by atoms with van der Waals surface area (Å²) in [4.78, 5) is 13.0. The average molecular weight is 522 g/mol. The van der Waals surface area contributed by atoms with E-state index in [1.54, 1.807) is 18.6 Å². The van der Waals surface area contributed by atoms with Crippen molar-refractivity contribution in [3.05, 3.63) is 64.0 Å². The van der Waals surface area contributed by atoms with E-state index in [1.165, 1.54) is 0 Å². The Balaban J connectivity index is 1.44. The van der Waals surface area contributed by atoms with Crippen molar-refractivity contribution in [2.75, 3.05) is 32.1 Å². The Morgan fingerprint density at radius 1 is 1.17 bits per heavy atom. The maximum absolute atomic E-state index is 9.86. The van der Waals surface area contributed by atoms with Crippen LogP contribution < -0.4 is 9.64 Å². The number of ether oxygens (including phenoxy) is 1. The Morgan fingerprint density at radius 2 is 1.89 bits per heavy atom. The number of nitrogens with one attached hydrogen (secondary N) is 1. The highest BCUT2D eigenvalue weighted by molar-refractivity contribution is 6.35. The molecule has 1 fully saturated rings. The highest BCUT2D eigenvalue weighted by atomic mass is 35.5. The Morgan fingerprint density at radius 3 is 2.56 bits per heavy atom. The van der Waals surface area contributed by atoms with Gasteiger partial charge < -0.3 is 14.5 Å². The van der Waals surface area contributed by atoms with E-state index in [4.69, 9.17) is 27.9 Å². The van der Waals surface area contributed by atoms with Crippen molar-refractivity contribution in [2.45, 2.75) is 25.5 Å². The number of likely N-dealkylation sites (N-methyl/N-ethyl adjacent to an activating group) is 1. The molecule has 0 spiro atoms. The van der Waals surface area contributed by atoms with Gasteiger partial charge in [-0.05, 0) is 52.2 Å². The van der Waals surface area contributed by atoms with Crippen molar-refractivity contribution in [3.63, 3.8) is 0 Å². The van der Waals surface area contributed by atoms with Crippen LogP contribution in [0, 0.1) is 11.3 Å². The lowest BCUT2D eigenvalue weighted by Crippen LogP contribution is -2.67. The summed E-state index contributed by atoms with van der Waals surface area (Å²) in [5, 5.41) is 19.2. The fourth-order valence-corrected chi connectivity index (χ4v) is 5.16. The molecule has 0 amide bonds. The number of hydrogen-bond donors (Lipinski definition) is 1. The molecular weight excluding hydrogens is 497 g/mol. The van der Waals surface area contributed by atoms with Crippen molar-refractivity contribution in [2.24, 2.45) is 0 Å². The van der Waals surface area contributed by atoms with E-state index < -0.39 is 6.10 Å². The lowest BCUT2D eigenvalue weighted by atomic mass is 9.90. The Bertz CT molecular complexity index is 1470. The molecule has 1 aliphatic rings. The molecule has 3 aromatic heterocycles. The molecule has 1 atom stereocenters. The van der Waals surface area contributed by atoms with Gasteiger partial charge in [0.05, 0.1) is 26.7 Å². The topological polar surface area (TPSA) is 94.0 Å². The zero-order chi connectivity index (χ0) is 25.6. The maximum Gasteiger partial charge on any atom is 0.146 e. The summed E-state index contributed by atoms with van der Waals surface area (Å²) in [5.74, 6) is 1.33. The van der Waals surface area contributed by atoms with Gasteiger partial charge in [-0.15, -0.1) is 0 Å². The minimum absolute atomic E-state index is 0.0731. The lowest BCUT2D eigenvalue weighted by Gasteiger charge is -2.52. The summed E-state index contributed by atoms with van der Waals surface area (Å²) < 4.78 is 6.17. The Hall–Kier alpha value is -3.38. The summed E-state index contributed by atoms with van der Waals surface area (Å²) in [5.41, 5.74) is 3.56. The Labute approximate surface area is 219 Å². The third kappa shape index (κ3) is 4.24.